The van der Waals surface area contributed by atoms with E-state index in [0.717, 1.165) is 28.8 Å². The molecule has 0 saturated carbocycles. The van der Waals surface area contributed by atoms with Gasteiger partial charge in [0.05, 0.1) is 11.5 Å². The zero-order valence-corrected chi connectivity index (χ0v) is 21.9. The predicted molar refractivity (Wildman–Crippen MR) is 149 cm³/mol. The average Bonchev–Trinajstić information content (AvgIpc) is 3.22. The van der Waals surface area contributed by atoms with E-state index in [1.165, 1.54) is 29.5 Å². The van der Waals surface area contributed by atoms with Crippen molar-refractivity contribution in [3.05, 3.63) is 106 Å². The van der Waals surface area contributed by atoms with Crippen molar-refractivity contribution in [3.63, 3.8) is 0 Å². The van der Waals surface area contributed by atoms with Gasteiger partial charge in [-0.05, 0) is 78.9 Å². The maximum absolute atomic E-state index is 13.6. The first-order valence-electron chi connectivity index (χ1n) is 12.3. The van der Waals surface area contributed by atoms with E-state index in [9.17, 15) is 9.18 Å². The third-order valence-corrected chi connectivity index (χ3v) is 6.81. The zero-order chi connectivity index (χ0) is 26.2. The van der Waals surface area contributed by atoms with E-state index in [-0.39, 0.29) is 23.8 Å². The number of hydrogen-bond donors (Lipinski definition) is 2. The molecule has 37 heavy (non-hydrogen) atoms. The second-order valence-corrected chi connectivity index (χ2v) is 9.67. The van der Waals surface area contributed by atoms with Gasteiger partial charge in [-0.2, -0.15) is 0 Å². The maximum Gasteiger partial charge on any atom is 0.260 e. The number of amides is 1. The molecule has 2 N–H and O–H groups in total. The van der Waals surface area contributed by atoms with Crippen molar-refractivity contribution in [1.29, 1.82) is 0 Å². The second-order valence-electron chi connectivity index (χ2n) is 8.53. The number of hydrogen-bond acceptors (Lipinski definition) is 5. The van der Waals surface area contributed by atoms with Gasteiger partial charge in [0.2, 0.25) is 0 Å². The Kier molecular flexibility index (Phi) is 8.90. The molecule has 0 aromatic heterocycles. The topological polar surface area (TPSA) is 59.6 Å². The lowest BCUT2D eigenvalue weighted by Crippen LogP contribution is -2.30. The zero-order valence-electron chi connectivity index (χ0n) is 21.1. The van der Waals surface area contributed by atoms with Crippen LogP contribution in [0.25, 0.3) is 6.08 Å². The van der Waals surface area contributed by atoms with Crippen molar-refractivity contribution in [1.82, 2.24) is 5.32 Å². The Bertz CT molecular complexity index is 1290. The summed E-state index contributed by atoms with van der Waals surface area (Å²) >= 11 is 1.43. The summed E-state index contributed by atoms with van der Waals surface area (Å²) in [5, 5.41) is 6.33. The van der Waals surface area contributed by atoms with Crippen LogP contribution in [0.4, 0.5) is 10.1 Å². The van der Waals surface area contributed by atoms with Crippen LogP contribution in [0.3, 0.4) is 0 Å². The summed E-state index contributed by atoms with van der Waals surface area (Å²) < 4.78 is 25.6. The number of thioether (sulfide) groups is 1. The number of benzene rings is 3. The Labute approximate surface area is 221 Å². The highest BCUT2D eigenvalue weighted by molar-refractivity contribution is 8.05. The van der Waals surface area contributed by atoms with E-state index in [2.05, 4.69) is 36.3 Å². The van der Waals surface area contributed by atoms with Gasteiger partial charge < -0.3 is 20.1 Å². The van der Waals surface area contributed by atoms with Gasteiger partial charge >= 0.3 is 0 Å². The van der Waals surface area contributed by atoms with Crippen LogP contribution in [0.1, 0.15) is 36.1 Å². The summed E-state index contributed by atoms with van der Waals surface area (Å²) in [5.74, 6) is 0.714. The number of anilines is 1. The van der Waals surface area contributed by atoms with Crippen molar-refractivity contribution in [3.8, 4) is 11.5 Å². The molecule has 1 aliphatic rings. The molecule has 1 atom stereocenters. The minimum atomic E-state index is -0.308. The van der Waals surface area contributed by atoms with E-state index in [1.807, 2.05) is 43.3 Å². The molecular formula is C30H31FN2O3S. The van der Waals surface area contributed by atoms with Gasteiger partial charge in [0, 0.05) is 11.3 Å². The highest BCUT2D eigenvalue weighted by Gasteiger charge is 2.27. The molecule has 1 saturated heterocycles. The number of ether oxygens (including phenoxy) is 2. The minimum absolute atomic E-state index is 0.137. The van der Waals surface area contributed by atoms with E-state index in [4.69, 9.17) is 9.47 Å². The van der Waals surface area contributed by atoms with E-state index in [1.54, 1.807) is 12.1 Å². The molecule has 0 spiro atoms. The Morgan fingerprint density at radius 1 is 1.08 bits per heavy atom. The molecule has 1 fully saturated rings. The van der Waals surface area contributed by atoms with Crippen LogP contribution in [-0.4, -0.2) is 18.0 Å². The third-order valence-electron chi connectivity index (χ3n) is 5.78. The standard InChI is InChI=1S/C30H31FN2O3S/c1-4-8-23-15-22(17-26(35-6-3)28(23)36-19-21-9-7-10-24(31)16-21)18-27-29(34)33-30(37-27)32-25-13-11-20(5-2)12-14-25/h4,7,9-18,30,32H,1,5-6,8,19H2,2-3H3,(H,33,34)/b27-18-/t30-/m1/s1. The molecule has 5 nitrogen and oxygen atoms in total. The highest BCUT2D eigenvalue weighted by atomic mass is 32.2. The van der Waals surface area contributed by atoms with Crippen molar-refractivity contribution < 1.29 is 18.7 Å². The molecule has 3 aromatic rings. The molecule has 4 rings (SSSR count). The summed E-state index contributed by atoms with van der Waals surface area (Å²) in [5.41, 5.74) is 4.36. The van der Waals surface area contributed by atoms with Gasteiger partial charge in [-0.3, -0.25) is 4.79 Å². The van der Waals surface area contributed by atoms with Gasteiger partial charge in [0.25, 0.3) is 5.91 Å². The molecule has 0 radical (unpaired) electrons. The number of rotatable bonds is 11. The molecule has 0 bridgehead atoms. The lowest BCUT2D eigenvalue weighted by Gasteiger charge is -2.17. The summed E-state index contributed by atoms with van der Waals surface area (Å²) in [6.07, 6.45) is 5.17. The molecule has 1 amide bonds. The van der Waals surface area contributed by atoms with Gasteiger partial charge in [-0.1, -0.05) is 49.0 Å². The van der Waals surface area contributed by atoms with Crippen LogP contribution >= 0.6 is 11.8 Å². The largest absolute Gasteiger partial charge is 0.490 e. The van der Waals surface area contributed by atoms with E-state index >= 15 is 0 Å². The Morgan fingerprint density at radius 3 is 2.59 bits per heavy atom. The number of carbonyl (C=O) groups is 1. The van der Waals surface area contributed by atoms with Crippen LogP contribution in [-0.2, 0) is 24.2 Å². The number of nitrogens with one attached hydrogen (secondary N) is 2. The first-order valence-corrected chi connectivity index (χ1v) is 13.2. The molecule has 0 aliphatic carbocycles. The number of allylic oxidation sites excluding steroid dienone is 1. The van der Waals surface area contributed by atoms with E-state index in [0.29, 0.717) is 29.4 Å². The maximum atomic E-state index is 13.6. The van der Waals surface area contributed by atoms with Crippen LogP contribution in [0, 0.1) is 5.82 Å². The molecule has 3 aromatic carbocycles. The smallest absolute Gasteiger partial charge is 0.260 e. The SMILES string of the molecule is C=CCc1cc(/C=C2\S[C@H](Nc3ccc(CC)cc3)NC2=O)cc(OCC)c1OCc1cccc(F)c1. The first-order chi connectivity index (χ1) is 18.0. The van der Waals surface area contributed by atoms with Crippen molar-refractivity contribution in [2.24, 2.45) is 0 Å². The van der Waals surface area contributed by atoms with Crippen molar-refractivity contribution >= 4 is 29.4 Å². The van der Waals surface area contributed by atoms with Gasteiger partial charge in [0.1, 0.15) is 12.4 Å². The lowest BCUT2D eigenvalue weighted by molar-refractivity contribution is -0.116. The van der Waals surface area contributed by atoms with Gasteiger partial charge in [0.15, 0.2) is 17.0 Å². The fourth-order valence-electron chi connectivity index (χ4n) is 3.99. The summed E-state index contributed by atoms with van der Waals surface area (Å²) in [4.78, 5) is 13.3. The monoisotopic (exact) mass is 518 g/mol. The van der Waals surface area contributed by atoms with Gasteiger partial charge in [-0.25, -0.2) is 4.39 Å². The normalized spacial score (nSPS) is 15.9. The molecule has 0 unspecified atom stereocenters. The number of halogens is 1. The Balaban J connectivity index is 1.55. The second kappa shape index (κ2) is 12.5. The number of aryl methyl sites for hydroxylation is 1. The minimum Gasteiger partial charge on any atom is -0.490 e. The molecular weight excluding hydrogens is 487 g/mol. The van der Waals surface area contributed by atoms with Gasteiger partial charge in [-0.15, -0.1) is 6.58 Å². The highest BCUT2D eigenvalue weighted by Crippen LogP contribution is 2.37. The van der Waals surface area contributed by atoms with Crippen molar-refractivity contribution in [2.75, 3.05) is 11.9 Å². The van der Waals surface area contributed by atoms with E-state index < -0.39 is 0 Å². The number of carbonyl (C=O) groups excluding carboxylic acids is 1. The Morgan fingerprint density at radius 2 is 1.89 bits per heavy atom. The molecule has 1 aliphatic heterocycles. The summed E-state index contributed by atoms with van der Waals surface area (Å²) in [6, 6.07) is 18.3. The van der Waals surface area contributed by atoms with Crippen LogP contribution in [0.15, 0.2) is 78.2 Å². The third kappa shape index (κ3) is 6.95. The molecule has 1 heterocycles. The van der Waals surface area contributed by atoms with Crippen LogP contribution in [0.2, 0.25) is 0 Å². The fourth-order valence-corrected chi connectivity index (χ4v) is 4.97. The fraction of sp³-hybridized carbons (Fsp3) is 0.233. The molecule has 192 valence electrons. The first kappa shape index (κ1) is 26.4. The van der Waals surface area contributed by atoms with Crippen LogP contribution < -0.4 is 20.1 Å². The summed E-state index contributed by atoms with van der Waals surface area (Å²) in [7, 11) is 0. The Hall–Kier alpha value is -3.71. The quantitative estimate of drug-likeness (QED) is 0.219. The van der Waals surface area contributed by atoms with Crippen molar-refractivity contribution in [2.45, 2.75) is 38.8 Å². The van der Waals surface area contributed by atoms with Crippen LogP contribution in [0.5, 0.6) is 11.5 Å². The summed E-state index contributed by atoms with van der Waals surface area (Å²) in [6.45, 7) is 8.54. The molecule has 7 heteroatoms. The average molecular weight is 519 g/mol. The lowest BCUT2D eigenvalue weighted by atomic mass is 10.0. The predicted octanol–water partition coefficient (Wildman–Crippen LogP) is 6.69.